The van der Waals surface area contributed by atoms with Crippen molar-refractivity contribution < 1.29 is 14.4 Å². The van der Waals surface area contributed by atoms with Crippen molar-refractivity contribution in [1.82, 2.24) is 10.5 Å². The molecule has 90 valence electrons. The highest BCUT2D eigenvalue weighted by Gasteiger charge is 2.05. The van der Waals surface area contributed by atoms with E-state index in [2.05, 4.69) is 17.4 Å². The van der Waals surface area contributed by atoms with E-state index in [1.807, 2.05) is 0 Å². The number of rotatable bonds is 8. The molecule has 2 N–H and O–H groups in total. The normalized spacial score (nSPS) is 12.6. The van der Waals surface area contributed by atoms with Gasteiger partial charge in [-0.1, -0.05) is 12.1 Å². The van der Waals surface area contributed by atoms with Crippen LogP contribution in [0.15, 0.2) is 17.0 Å². The Morgan fingerprint density at radius 3 is 3.06 bits per heavy atom. The van der Waals surface area contributed by atoms with Crippen molar-refractivity contribution in [3.63, 3.8) is 0 Å². The van der Waals surface area contributed by atoms with Crippen LogP contribution in [0.4, 0.5) is 0 Å². The van der Waals surface area contributed by atoms with Crippen LogP contribution in [-0.4, -0.2) is 22.8 Å². The van der Waals surface area contributed by atoms with Crippen LogP contribution in [0, 0.1) is 5.92 Å². The minimum Gasteiger partial charge on any atom is -0.481 e. The van der Waals surface area contributed by atoms with Crippen molar-refractivity contribution in [1.29, 1.82) is 0 Å². The fraction of sp³-hybridized carbons (Fsp3) is 0.636. The average Bonchev–Trinajstić information content (AvgIpc) is 2.74. The molecule has 0 saturated heterocycles. The summed E-state index contributed by atoms with van der Waals surface area (Å²) in [6, 6.07) is 0. The number of hydrogen-bond acceptors (Lipinski definition) is 4. The van der Waals surface area contributed by atoms with Gasteiger partial charge in [0.25, 0.3) is 0 Å². The predicted molar refractivity (Wildman–Crippen MR) is 58.9 cm³/mol. The Labute approximate surface area is 94.8 Å². The summed E-state index contributed by atoms with van der Waals surface area (Å²) in [5.41, 5.74) is 1.03. The molecule has 16 heavy (non-hydrogen) atoms. The lowest BCUT2D eigenvalue weighted by Gasteiger charge is -2.09. The Bertz CT molecular complexity index is 298. The second-order valence-electron chi connectivity index (χ2n) is 4.04. The molecule has 0 saturated carbocycles. The molecule has 1 atom stereocenters. The van der Waals surface area contributed by atoms with E-state index in [0.29, 0.717) is 5.92 Å². The number of carbonyl (C=O) groups is 1. The van der Waals surface area contributed by atoms with Gasteiger partial charge < -0.3 is 14.9 Å². The second-order valence-corrected chi connectivity index (χ2v) is 4.04. The largest absolute Gasteiger partial charge is 0.481 e. The number of carboxylic acid groups (broad SMARTS) is 1. The van der Waals surface area contributed by atoms with Crippen LogP contribution < -0.4 is 5.32 Å². The molecule has 0 fully saturated rings. The number of aliphatic carboxylic acids is 1. The molecule has 1 aromatic rings. The average molecular weight is 226 g/mol. The maximum atomic E-state index is 10.4. The topological polar surface area (TPSA) is 75.4 Å². The first kappa shape index (κ1) is 12.7. The van der Waals surface area contributed by atoms with Crippen molar-refractivity contribution >= 4 is 5.97 Å². The van der Waals surface area contributed by atoms with E-state index < -0.39 is 5.97 Å². The summed E-state index contributed by atoms with van der Waals surface area (Å²) in [4.78, 5) is 10.4. The number of aromatic nitrogens is 1. The molecular formula is C11H18N2O3. The first-order chi connectivity index (χ1) is 7.68. The quantitative estimate of drug-likeness (QED) is 0.659. The van der Waals surface area contributed by atoms with Gasteiger partial charge in [0.1, 0.15) is 6.26 Å². The van der Waals surface area contributed by atoms with Crippen LogP contribution in [0.3, 0.4) is 0 Å². The number of hydrogen-bond donors (Lipinski definition) is 2. The fourth-order valence-electron chi connectivity index (χ4n) is 1.41. The fourth-order valence-corrected chi connectivity index (χ4v) is 1.41. The third-order valence-electron chi connectivity index (χ3n) is 2.48. The first-order valence-corrected chi connectivity index (χ1v) is 5.49. The smallest absolute Gasteiger partial charge is 0.303 e. The molecule has 0 radical (unpaired) electrons. The summed E-state index contributed by atoms with van der Waals surface area (Å²) >= 11 is 0. The molecular weight excluding hydrogens is 208 g/mol. The minimum absolute atomic E-state index is 0.257. The van der Waals surface area contributed by atoms with Crippen LogP contribution in [0.2, 0.25) is 0 Å². The molecule has 0 aliphatic rings. The molecule has 1 heterocycles. The Balaban J connectivity index is 2.00. The maximum Gasteiger partial charge on any atom is 0.303 e. The summed E-state index contributed by atoms with van der Waals surface area (Å²) in [5, 5.41) is 15.4. The third-order valence-corrected chi connectivity index (χ3v) is 2.48. The minimum atomic E-state index is -0.718. The van der Waals surface area contributed by atoms with Crippen molar-refractivity contribution in [3.05, 3.63) is 18.0 Å². The van der Waals surface area contributed by atoms with Gasteiger partial charge in [0.2, 0.25) is 0 Å². The van der Waals surface area contributed by atoms with E-state index in [-0.39, 0.29) is 6.42 Å². The lowest BCUT2D eigenvalue weighted by molar-refractivity contribution is -0.137. The summed E-state index contributed by atoms with van der Waals surface area (Å²) in [6.07, 6.45) is 5.28. The first-order valence-electron chi connectivity index (χ1n) is 5.49. The molecule has 5 nitrogen and oxygen atoms in total. The zero-order chi connectivity index (χ0) is 11.8. The maximum absolute atomic E-state index is 10.4. The standard InChI is InChI=1S/C11H18N2O3/c1-9(2-3-11(14)15)4-5-12-6-10-7-13-16-8-10/h7-9,12H,2-6H2,1H3,(H,14,15). The molecule has 1 unspecified atom stereocenters. The molecule has 0 aliphatic heterocycles. The Morgan fingerprint density at radius 2 is 2.44 bits per heavy atom. The molecule has 1 rings (SSSR count). The van der Waals surface area contributed by atoms with Crippen LogP contribution in [0.1, 0.15) is 31.7 Å². The number of carboxylic acids is 1. The zero-order valence-electron chi connectivity index (χ0n) is 9.48. The van der Waals surface area contributed by atoms with Crippen molar-refractivity contribution in [2.45, 2.75) is 32.7 Å². The van der Waals surface area contributed by atoms with Crippen LogP contribution in [0.5, 0.6) is 0 Å². The SMILES string of the molecule is CC(CCNCc1cnoc1)CCC(=O)O. The van der Waals surface area contributed by atoms with Gasteiger partial charge in [-0.15, -0.1) is 0 Å². The number of nitrogens with zero attached hydrogens (tertiary/aromatic N) is 1. The molecule has 0 aliphatic carbocycles. The third kappa shape index (κ3) is 5.50. The van der Waals surface area contributed by atoms with E-state index in [1.54, 1.807) is 12.5 Å². The molecule has 0 bridgehead atoms. The molecule has 0 spiro atoms. The lowest BCUT2D eigenvalue weighted by atomic mass is 10.0. The van der Waals surface area contributed by atoms with E-state index in [1.165, 1.54) is 0 Å². The second kappa shape index (κ2) is 7.00. The summed E-state index contributed by atoms with van der Waals surface area (Å²) in [6.45, 7) is 3.70. The lowest BCUT2D eigenvalue weighted by Crippen LogP contribution is -2.17. The van der Waals surface area contributed by atoms with Crippen molar-refractivity contribution in [3.8, 4) is 0 Å². The highest BCUT2D eigenvalue weighted by Crippen LogP contribution is 2.09. The molecule has 1 aromatic heterocycles. The van der Waals surface area contributed by atoms with Crippen molar-refractivity contribution in [2.75, 3.05) is 6.54 Å². The summed E-state index contributed by atoms with van der Waals surface area (Å²) in [5.74, 6) is -0.282. The van der Waals surface area contributed by atoms with Gasteiger partial charge in [-0.25, -0.2) is 0 Å². The molecule has 5 heteroatoms. The van der Waals surface area contributed by atoms with Gasteiger partial charge in [0.15, 0.2) is 0 Å². The highest BCUT2D eigenvalue weighted by molar-refractivity contribution is 5.66. The van der Waals surface area contributed by atoms with E-state index >= 15 is 0 Å². The summed E-state index contributed by atoms with van der Waals surface area (Å²) in [7, 11) is 0. The van der Waals surface area contributed by atoms with Gasteiger partial charge in [-0.05, 0) is 25.3 Å². The Kier molecular flexibility index (Phi) is 5.56. The van der Waals surface area contributed by atoms with E-state index in [9.17, 15) is 4.79 Å². The Hall–Kier alpha value is -1.36. The van der Waals surface area contributed by atoms with Crippen molar-refractivity contribution in [2.24, 2.45) is 5.92 Å². The monoisotopic (exact) mass is 226 g/mol. The number of nitrogens with one attached hydrogen (secondary N) is 1. The van der Waals surface area contributed by atoms with Gasteiger partial charge in [-0.3, -0.25) is 4.79 Å². The van der Waals surface area contributed by atoms with Crippen LogP contribution >= 0.6 is 0 Å². The van der Waals surface area contributed by atoms with Crippen LogP contribution in [-0.2, 0) is 11.3 Å². The van der Waals surface area contributed by atoms with E-state index in [0.717, 1.165) is 31.5 Å². The summed E-state index contributed by atoms with van der Waals surface area (Å²) < 4.78 is 4.70. The highest BCUT2D eigenvalue weighted by atomic mass is 16.5. The molecule has 0 aromatic carbocycles. The van der Waals surface area contributed by atoms with E-state index in [4.69, 9.17) is 9.63 Å². The van der Waals surface area contributed by atoms with Crippen LogP contribution in [0.25, 0.3) is 0 Å². The Morgan fingerprint density at radius 1 is 1.62 bits per heavy atom. The predicted octanol–water partition coefficient (Wildman–Crippen LogP) is 1.66. The zero-order valence-corrected chi connectivity index (χ0v) is 9.48. The van der Waals surface area contributed by atoms with Gasteiger partial charge in [-0.2, -0.15) is 0 Å². The van der Waals surface area contributed by atoms with Gasteiger partial charge in [0, 0.05) is 18.5 Å². The molecule has 0 amide bonds. The van der Waals surface area contributed by atoms with Gasteiger partial charge in [0.05, 0.1) is 6.20 Å². The van der Waals surface area contributed by atoms with Gasteiger partial charge >= 0.3 is 5.97 Å².